The van der Waals surface area contributed by atoms with E-state index in [1.807, 2.05) is 67.6 Å². The average molecular weight is 398 g/mol. The highest BCUT2D eigenvalue weighted by Gasteiger charge is 2.23. The lowest BCUT2D eigenvalue weighted by molar-refractivity contribution is 0.238. The number of hydrogen-bond donors (Lipinski definition) is 1. The van der Waals surface area contributed by atoms with Gasteiger partial charge in [-0.25, -0.2) is 9.97 Å². The third-order valence-corrected chi connectivity index (χ3v) is 5.48. The Morgan fingerprint density at radius 2 is 1.70 bits per heavy atom. The Labute approximate surface area is 174 Å². The number of oxazole rings is 1. The van der Waals surface area contributed by atoms with E-state index < -0.39 is 0 Å². The third kappa shape index (κ3) is 3.57. The fraction of sp³-hybridized carbons (Fsp3) is 0.208. The summed E-state index contributed by atoms with van der Waals surface area (Å²) in [7, 11) is 0. The van der Waals surface area contributed by atoms with Crippen LogP contribution < -0.4 is 5.56 Å². The molecule has 0 spiro atoms. The van der Waals surface area contributed by atoms with Crippen molar-refractivity contribution >= 4 is 0 Å². The van der Waals surface area contributed by atoms with Crippen LogP contribution in [0.1, 0.15) is 22.7 Å². The minimum atomic E-state index is -0.0644. The highest BCUT2D eigenvalue weighted by molar-refractivity contribution is 5.55. The van der Waals surface area contributed by atoms with E-state index in [4.69, 9.17) is 14.4 Å². The molecule has 0 radical (unpaired) electrons. The number of aromatic nitrogens is 3. The summed E-state index contributed by atoms with van der Waals surface area (Å²) in [5, 5.41) is 0. The number of hydrogen-bond acceptors (Lipinski definition) is 5. The van der Waals surface area contributed by atoms with Gasteiger partial charge in [-0.3, -0.25) is 9.69 Å². The molecule has 1 aliphatic heterocycles. The Bertz CT molecular complexity index is 1230. The van der Waals surface area contributed by atoms with Crippen LogP contribution in [0.4, 0.5) is 0 Å². The first kappa shape index (κ1) is 18.5. The fourth-order valence-electron chi connectivity index (χ4n) is 3.84. The molecule has 0 fully saturated rings. The van der Waals surface area contributed by atoms with Gasteiger partial charge in [0.1, 0.15) is 11.6 Å². The van der Waals surface area contributed by atoms with Gasteiger partial charge >= 0.3 is 0 Å². The Kier molecular flexibility index (Phi) is 4.77. The van der Waals surface area contributed by atoms with Crippen LogP contribution in [0.25, 0.3) is 22.8 Å². The molecular formula is C24H22N4O2. The maximum absolute atomic E-state index is 12.8. The molecule has 150 valence electrons. The summed E-state index contributed by atoms with van der Waals surface area (Å²) in [6, 6.07) is 19.6. The third-order valence-electron chi connectivity index (χ3n) is 5.48. The van der Waals surface area contributed by atoms with Crippen LogP contribution in [0.15, 0.2) is 69.9 Å². The topological polar surface area (TPSA) is 75.0 Å². The van der Waals surface area contributed by atoms with E-state index >= 15 is 0 Å². The lowest BCUT2D eigenvalue weighted by Gasteiger charge is -2.27. The van der Waals surface area contributed by atoms with Crippen LogP contribution in [0.3, 0.4) is 0 Å². The molecule has 0 atom stereocenters. The highest BCUT2D eigenvalue weighted by Crippen LogP contribution is 2.24. The number of aryl methyl sites for hydroxylation is 1. The second kappa shape index (κ2) is 7.72. The predicted octanol–water partition coefficient (Wildman–Crippen LogP) is 3.96. The molecule has 0 aliphatic carbocycles. The minimum Gasteiger partial charge on any atom is -0.441 e. The summed E-state index contributed by atoms with van der Waals surface area (Å²) in [6.45, 7) is 3.96. The van der Waals surface area contributed by atoms with E-state index in [-0.39, 0.29) is 5.56 Å². The number of benzene rings is 2. The molecule has 1 N–H and O–H groups in total. The van der Waals surface area contributed by atoms with Gasteiger partial charge < -0.3 is 9.40 Å². The lowest BCUT2D eigenvalue weighted by Crippen LogP contribution is -2.35. The van der Waals surface area contributed by atoms with Gasteiger partial charge in [-0.1, -0.05) is 48.5 Å². The molecule has 3 heterocycles. The number of rotatable bonds is 4. The first-order valence-electron chi connectivity index (χ1n) is 10.1. The van der Waals surface area contributed by atoms with Crippen molar-refractivity contribution in [2.24, 2.45) is 0 Å². The fourth-order valence-corrected chi connectivity index (χ4v) is 3.84. The Balaban J connectivity index is 1.37. The average Bonchev–Trinajstić information content (AvgIpc) is 3.15. The van der Waals surface area contributed by atoms with Crippen molar-refractivity contribution in [1.82, 2.24) is 19.9 Å². The number of aromatic amines is 1. The van der Waals surface area contributed by atoms with Crippen LogP contribution in [-0.2, 0) is 19.5 Å². The van der Waals surface area contributed by atoms with Gasteiger partial charge in [0.05, 0.1) is 17.0 Å². The van der Waals surface area contributed by atoms with Crippen LogP contribution in [0.2, 0.25) is 0 Å². The molecule has 30 heavy (non-hydrogen) atoms. The van der Waals surface area contributed by atoms with Crippen molar-refractivity contribution in [3.8, 4) is 22.8 Å². The van der Waals surface area contributed by atoms with Crippen LogP contribution in [-0.4, -0.2) is 26.4 Å². The van der Waals surface area contributed by atoms with E-state index in [1.54, 1.807) is 0 Å². The number of H-pyrrole nitrogens is 1. The zero-order valence-electron chi connectivity index (χ0n) is 16.8. The second-order valence-corrected chi connectivity index (χ2v) is 7.55. The largest absolute Gasteiger partial charge is 0.441 e. The monoisotopic (exact) mass is 398 g/mol. The zero-order chi connectivity index (χ0) is 20.5. The van der Waals surface area contributed by atoms with Crippen molar-refractivity contribution in [3.63, 3.8) is 0 Å². The molecular weight excluding hydrogens is 376 g/mol. The molecule has 0 bridgehead atoms. The maximum Gasteiger partial charge on any atom is 0.255 e. The van der Waals surface area contributed by atoms with Gasteiger partial charge in [0, 0.05) is 37.2 Å². The van der Waals surface area contributed by atoms with E-state index in [0.717, 1.165) is 46.8 Å². The summed E-state index contributed by atoms with van der Waals surface area (Å²) in [6.07, 6.45) is 0.738. The van der Waals surface area contributed by atoms with Gasteiger partial charge in [0.2, 0.25) is 5.89 Å². The van der Waals surface area contributed by atoms with Gasteiger partial charge in [-0.2, -0.15) is 0 Å². The number of nitrogens with one attached hydrogen (secondary N) is 1. The van der Waals surface area contributed by atoms with Gasteiger partial charge in [-0.15, -0.1) is 0 Å². The summed E-state index contributed by atoms with van der Waals surface area (Å²) >= 11 is 0. The zero-order valence-corrected chi connectivity index (χ0v) is 16.8. The van der Waals surface area contributed by atoms with E-state index in [1.165, 1.54) is 0 Å². The Morgan fingerprint density at radius 1 is 1.00 bits per heavy atom. The molecule has 0 saturated heterocycles. The van der Waals surface area contributed by atoms with Gasteiger partial charge in [0.25, 0.3) is 5.56 Å². The normalized spacial score (nSPS) is 13.9. The molecule has 4 aromatic rings. The number of nitrogens with zero attached hydrogens (tertiary/aromatic N) is 3. The Hall–Kier alpha value is -3.51. The maximum atomic E-state index is 12.8. The molecule has 2 aromatic carbocycles. The number of fused-ring (bicyclic) bond motifs is 1. The predicted molar refractivity (Wildman–Crippen MR) is 115 cm³/mol. The highest BCUT2D eigenvalue weighted by atomic mass is 16.4. The van der Waals surface area contributed by atoms with Crippen molar-refractivity contribution in [3.05, 3.63) is 93.7 Å². The van der Waals surface area contributed by atoms with E-state index in [2.05, 4.69) is 9.88 Å². The standard InChI is InChI=1S/C24H22N4O2/c1-16-21(26-24(30-16)18-10-6-3-7-11-18)15-28-13-12-20-19(14-28)23(29)27-22(25-20)17-8-4-2-5-9-17/h2-11H,12-15H2,1H3,(H,25,27,29). The smallest absolute Gasteiger partial charge is 0.255 e. The SMILES string of the molecule is Cc1oc(-c2ccccc2)nc1CN1CCc2nc(-c3ccccc3)[nH]c(=O)c2C1. The molecule has 0 saturated carbocycles. The minimum absolute atomic E-state index is 0.0644. The summed E-state index contributed by atoms with van der Waals surface area (Å²) in [5.41, 5.74) is 4.35. The molecule has 2 aromatic heterocycles. The lowest BCUT2D eigenvalue weighted by atomic mass is 10.1. The van der Waals surface area contributed by atoms with Crippen molar-refractivity contribution < 1.29 is 4.42 Å². The quantitative estimate of drug-likeness (QED) is 0.563. The summed E-state index contributed by atoms with van der Waals surface area (Å²) in [5.74, 6) is 2.08. The molecule has 1 aliphatic rings. The van der Waals surface area contributed by atoms with Gasteiger partial charge in [-0.05, 0) is 19.1 Å². The van der Waals surface area contributed by atoms with Crippen LogP contribution in [0.5, 0.6) is 0 Å². The second-order valence-electron chi connectivity index (χ2n) is 7.55. The van der Waals surface area contributed by atoms with Crippen molar-refractivity contribution in [1.29, 1.82) is 0 Å². The molecule has 0 unspecified atom stereocenters. The molecule has 6 nitrogen and oxygen atoms in total. The van der Waals surface area contributed by atoms with Crippen LogP contribution >= 0.6 is 0 Å². The Morgan fingerprint density at radius 3 is 2.43 bits per heavy atom. The van der Waals surface area contributed by atoms with Gasteiger partial charge in [0.15, 0.2) is 0 Å². The first-order chi connectivity index (χ1) is 14.7. The molecule has 6 heteroatoms. The summed E-state index contributed by atoms with van der Waals surface area (Å²) in [4.78, 5) is 27.4. The molecule has 5 rings (SSSR count). The van der Waals surface area contributed by atoms with Crippen LogP contribution in [0, 0.1) is 6.92 Å². The molecule has 0 amide bonds. The van der Waals surface area contributed by atoms with Crippen molar-refractivity contribution in [2.45, 2.75) is 26.4 Å². The summed E-state index contributed by atoms with van der Waals surface area (Å²) < 4.78 is 5.88. The van der Waals surface area contributed by atoms with E-state index in [9.17, 15) is 4.79 Å². The van der Waals surface area contributed by atoms with E-state index in [0.29, 0.717) is 24.8 Å². The first-order valence-corrected chi connectivity index (χ1v) is 10.1. The van der Waals surface area contributed by atoms with Crippen molar-refractivity contribution in [2.75, 3.05) is 6.54 Å².